The quantitative estimate of drug-likeness (QED) is 0.526. The molecule has 0 spiro atoms. The molecule has 0 saturated heterocycles. The van der Waals surface area contributed by atoms with Crippen LogP contribution in [-0.4, -0.2) is 25.1 Å². The zero-order valence-corrected chi connectivity index (χ0v) is 10.6. The molecule has 1 atom stereocenters. The summed E-state index contributed by atoms with van der Waals surface area (Å²) in [5, 5.41) is 3.59. The average molecular weight is 295 g/mol. The Morgan fingerprint density at radius 1 is 1.59 bits per heavy atom. The Bertz CT molecular complexity index is 493. The molecule has 1 heterocycles. The number of halogens is 1. The molecule has 0 fully saturated rings. The van der Waals surface area contributed by atoms with Crippen LogP contribution in [0.1, 0.15) is 0 Å². The molecule has 1 unspecified atom stereocenters. The minimum atomic E-state index is -0.00963. The van der Waals surface area contributed by atoms with Crippen molar-refractivity contribution in [2.45, 2.75) is 6.04 Å². The van der Waals surface area contributed by atoms with Gasteiger partial charge in [0.25, 0.3) is 0 Å². The number of azide groups is 1. The van der Waals surface area contributed by atoms with Crippen molar-refractivity contribution < 1.29 is 0 Å². The zero-order valence-electron chi connectivity index (χ0n) is 8.99. The first-order chi connectivity index (χ1) is 8.24. The van der Waals surface area contributed by atoms with Gasteiger partial charge in [-0.25, -0.2) is 0 Å². The molecule has 7 heteroatoms. The van der Waals surface area contributed by atoms with Gasteiger partial charge >= 0.3 is 0 Å². The molecule has 0 amide bonds. The maximum Gasteiger partial charge on any atom is 0.196 e. The topological polar surface area (TPSA) is 90.4 Å². The minimum absolute atomic E-state index is 0.00963. The number of aliphatic imine (C=N–C) groups is 1. The summed E-state index contributed by atoms with van der Waals surface area (Å²) in [4.78, 5) is 8.84. The maximum atomic E-state index is 8.37. The molecule has 0 bridgehead atoms. The first-order valence-corrected chi connectivity index (χ1v) is 5.88. The number of para-hydroxylation sites is 1. The van der Waals surface area contributed by atoms with E-state index in [1.807, 2.05) is 29.2 Å². The van der Waals surface area contributed by atoms with E-state index in [4.69, 9.17) is 11.3 Å². The fourth-order valence-electron chi connectivity index (χ4n) is 1.78. The van der Waals surface area contributed by atoms with Crippen LogP contribution in [0.15, 0.2) is 38.8 Å². The summed E-state index contributed by atoms with van der Waals surface area (Å²) < 4.78 is 0.936. The van der Waals surface area contributed by atoms with E-state index in [1.165, 1.54) is 0 Å². The van der Waals surface area contributed by atoms with Gasteiger partial charge in [-0.1, -0.05) is 17.2 Å². The van der Waals surface area contributed by atoms with E-state index in [-0.39, 0.29) is 6.04 Å². The van der Waals surface area contributed by atoms with Crippen molar-refractivity contribution in [3.8, 4) is 0 Å². The second-order valence-corrected chi connectivity index (χ2v) is 4.44. The van der Waals surface area contributed by atoms with Crippen molar-refractivity contribution in [2.75, 3.05) is 18.0 Å². The first kappa shape index (κ1) is 11.8. The van der Waals surface area contributed by atoms with Crippen LogP contribution in [-0.2, 0) is 0 Å². The molecule has 1 aromatic rings. The molecule has 2 N–H and O–H groups in total. The number of guanidine groups is 1. The molecule has 0 radical (unpaired) electrons. The molecule has 6 nitrogen and oxygen atoms in total. The Morgan fingerprint density at radius 2 is 2.35 bits per heavy atom. The van der Waals surface area contributed by atoms with Crippen molar-refractivity contribution in [1.29, 1.82) is 0 Å². The Morgan fingerprint density at radius 3 is 3.06 bits per heavy atom. The third-order valence-corrected chi connectivity index (χ3v) is 3.21. The van der Waals surface area contributed by atoms with Crippen LogP contribution in [0.3, 0.4) is 0 Å². The highest BCUT2D eigenvalue weighted by Crippen LogP contribution is 2.29. The number of benzene rings is 1. The molecule has 0 aromatic heterocycles. The van der Waals surface area contributed by atoms with Gasteiger partial charge in [0.05, 0.1) is 18.3 Å². The second-order valence-electron chi connectivity index (χ2n) is 3.59. The molecule has 0 aliphatic carbocycles. The van der Waals surface area contributed by atoms with Crippen molar-refractivity contribution in [1.82, 2.24) is 0 Å². The summed E-state index contributed by atoms with van der Waals surface area (Å²) >= 11 is 3.47. The molecular formula is C10H11BrN6. The van der Waals surface area contributed by atoms with E-state index >= 15 is 0 Å². The van der Waals surface area contributed by atoms with Crippen molar-refractivity contribution >= 4 is 27.6 Å². The van der Waals surface area contributed by atoms with E-state index in [1.54, 1.807) is 0 Å². The van der Waals surface area contributed by atoms with Crippen LogP contribution in [0, 0.1) is 0 Å². The summed E-state index contributed by atoms with van der Waals surface area (Å²) in [6, 6.07) is 7.73. The largest absolute Gasteiger partial charge is 0.370 e. The lowest BCUT2D eigenvalue weighted by atomic mass is 10.2. The van der Waals surface area contributed by atoms with Crippen LogP contribution in [0.2, 0.25) is 0 Å². The lowest BCUT2D eigenvalue weighted by molar-refractivity contribution is 0.714. The van der Waals surface area contributed by atoms with Crippen molar-refractivity contribution in [3.63, 3.8) is 0 Å². The molecule has 1 aliphatic heterocycles. The summed E-state index contributed by atoms with van der Waals surface area (Å²) in [7, 11) is 0. The third kappa shape index (κ3) is 2.35. The van der Waals surface area contributed by atoms with Gasteiger partial charge in [0.2, 0.25) is 0 Å². The molecule has 2 rings (SSSR count). The van der Waals surface area contributed by atoms with Crippen molar-refractivity contribution in [2.24, 2.45) is 15.8 Å². The Balaban J connectivity index is 2.30. The van der Waals surface area contributed by atoms with Gasteiger partial charge in [0.1, 0.15) is 0 Å². The summed E-state index contributed by atoms with van der Waals surface area (Å²) in [5.74, 6) is 0.454. The molecule has 1 aliphatic rings. The minimum Gasteiger partial charge on any atom is -0.370 e. The summed E-state index contributed by atoms with van der Waals surface area (Å²) in [6.07, 6.45) is 0. The molecule has 88 valence electrons. The maximum absolute atomic E-state index is 8.37. The molecule has 17 heavy (non-hydrogen) atoms. The highest BCUT2D eigenvalue weighted by Gasteiger charge is 2.27. The number of rotatable bonds is 3. The number of hydrogen-bond acceptors (Lipinski definition) is 4. The van der Waals surface area contributed by atoms with Gasteiger partial charge in [-0.15, -0.1) is 0 Å². The van der Waals surface area contributed by atoms with E-state index in [0.717, 1.165) is 10.2 Å². The van der Waals surface area contributed by atoms with E-state index in [2.05, 4.69) is 30.9 Å². The van der Waals surface area contributed by atoms with Crippen LogP contribution < -0.4 is 10.6 Å². The van der Waals surface area contributed by atoms with E-state index in [9.17, 15) is 0 Å². The first-order valence-electron chi connectivity index (χ1n) is 5.08. The van der Waals surface area contributed by atoms with Crippen LogP contribution in [0.4, 0.5) is 5.69 Å². The highest BCUT2D eigenvalue weighted by atomic mass is 79.9. The predicted octanol–water partition coefficient (Wildman–Crippen LogP) is 2.26. The van der Waals surface area contributed by atoms with Crippen LogP contribution in [0.5, 0.6) is 0 Å². The second kappa shape index (κ2) is 5.07. The van der Waals surface area contributed by atoms with Gasteiger partial charge in [0, 0.05) is 15.9 Å². The SMILES string of the molecule is [N-]=[N+]=NCC1CN=C(N)N1c1ccccc1Br. The van der Waals surface area contributed by atoms with Gasteiger partial charge in [-0.05, 0) is 33.6 Å². The smallest absolute Gasteiger partial charge is 0.196 e. The summed E-state index contributed by atoms with van der Waals surface area (Å²) in [6.45, 7) is 0.897. The normalized spacial score (nSPS) is 18.8. The van der Waals surface area contributed by atoms with Gasteiger partial charge < -0.3 is 10.6 Å². The Labute approximate surface area is 107 Å². The molecule has 0 saturated carbocycles. The Kier molecular flexibility index (Phi) is 3.51. The average Bonchev–Trinajstić information content (AvgIpc) is 2.69. The van der Waals surface area contributed by atoms with E-state index < -0.39 is 0 Å². The number of anilines is 1. The standard InChI is InChI=1S/C10H11BrN6/c11-8-3-1-2-4-9(8)17-7(6-15-16-13)5-14-10(17)12/h1-4,7H,5-6H2,(H2,12,14). The number of nitrogens with two attached hydrogens (primary N) is 1. The number of nitrogens with zero attached hydrogens (tertiary/aromatic N) is 5. The zero-order chi connectivity index (χ0) is 12.3. The monoisotopic (exact) mass is 294 g/mol. The third-order valence-electron chi connectivity index (χ3n) is 2.54. The number of hydrogen-bond donors (Lipinski definition) is 1. The van der Waals surface area contributed by atoms with Crippen LogP contribution in [0.25, 0.3) is 10.4 Å². The summed E-state index contributed by atoms with van der Waals surface area (Å²) in [5.41, 5.74) is 15.2. The van der Waals surface area contributed by atoms with Gasteiger partial charge in [-0.2, -0.15) is 0 Å². The van der Waals surface area contributed by atoms with Gasteiger partial charge in [0.15, 0.2) is 5.96 Å². The van der Waals surface area contributed by atoms with Crippen LogP contribution >= 0.6 is 15.9 Å². The highest BCUT2D eigenvalue weighted by molar-refractivity contribution is 9.10. The van der Waals surface area contributed by atoms with Crippen molar-refractivity contribution in [3.05, 3.63) is 39.2 Å². The lowest BCUT2D eigenvalue weighted by Gasteiger charge is -2.26. The lowest BCUT2D eigenvalue weighted by Crippen LogP contribution is -2.42. The fourth-order valence-corrected chi connectivity index (χ4v) is 2.26. The molecule has 1 aromatic carbocycles. The molecular weight excluding hydrogens is 284 g/mol. The predicted molar refractivity (Wildman–Crippen MR) is 70.9 cm³/mol. The van der Waals surface area contributed by atoms with E-state index in [0.29, 0.717) is 19.0 Å². The fraction of sp³-hybridized carbons (Fsp3) is 0.300. The van der Waals surface area contributed by atoms with Gasteiger partial charge in [-0.3, -0.25) is 4.99 Å². The Hall–Kier alpha value is -1.72.